The molecule has 0 radical (unpaired) electrons. The summed E-state index contributed by atoms with van der Waals surface area (Å²) in [5.41, 5.74) is 0.582. The van der Waals surface area contributed by atoms with Crippen LogP contribution >= 0.6 is 0 Å². The largest absolute Gasteiger partial charge is 0.487 e. The van der Waals surface area contributed by atoms with Crippen molar-refractivity contribution in [3.05, 3.63) is 24.0 Å². The van der Waals surface area contributed by atoms with E-state index in [0.717, 1.165) is 18.8 Å². The van der Waals surface area contributed by atoms with Gasteiger partial charge in [0.25, 0.3) is 0 Å². The van der Waals surface area contributed by atoms with Crippen molar-refractivity contribution in [2.75, 3.05) is 0 Å². The van der Waals surface area contributed by atoms with Crippen LogP contribution in [0.4, 0.5) is 0 Å². The number of ether oxygens (including phenoxy) is 1. The second kappa shape index (κ2) is 5.67. The second-order valence-electron chi connectivity index (χ2n) is 4.66. The molecule has 1 fully saturated rings. The van der Waals surface area contributed by atoms with Crippen LogP contribution in [0.3, 0.4) is 0 Å². The zero-order valence-corrected chi connectivity index (χ0v) is 10.2. The maximum absolute atomic E-state index is 8.99. The van der Waals surface area contributed by atoms with Crippen LogP contribution in [0.5, 0.6) is 5.75 Å². The van der Waals surface area contributed by atoms with Gasteiger partial charge >= 0.3 is 0 Å². The van der Waals surface area contributed by atoms with E-state index in [1.807, 2.05) is 0 Å². The molecule has 0 aromatic carbocycles. The van der Waals surface area contributed by atoms with Crippen LogP contribution in [0.25, 0.3) is 0 Å². The average Bonchev–Trinajstić information content (AvgIpc) is 2.39. The molecule has 1 aliphatic rings. The summed E-state index contributed by atoms with van der Waals surface area (Å²) < 4.78 is 5.92. The number of pyridine rings is 1. The highest BCUT2D eigenvalue weighted by Crippen LogP contribution is 2.30. The topological polar surface area (TPSA) is 45.9 Å². The molecule has 1 aliphatic carbocycles. The SMILES string of the molecule is CCC1CCCC(Oc2cnccc2C#N)C1. The van der Waals surface area contributed by atoms with Gasteiger partial charge in [-0.25, -0.2) is 0 Å². The molecule has 90 valence electrons. The van der Waals surface area contributed by atoms with Gasteiger partial charge < -0.3 is 4.74 Å². The van der Waals surface area contributed by atoms with Crippen molar-refractivity contribution in [2.45, 2.75) is 45.1 Å². The molecule has 0 spiro atoms. The number of aromatic nitrogens is 1. The van der Waals surface area contributed by atoms with E-state index in [9.17, 15) is 0 Å². The second-order valence-corrected chi connectivity index (χ2v) is 4.66. The van der Waals surface area contributed by atoms with E-state index < -0.39 is 0 Å². The minimum Gasteiger partial charge on any atom is -0.487 e. The minimum absolute atomic E-state index is 0.255. The van der Waals surface area contributed by atoms with Gasteiger partial charge in [0.2, 0.25) is 0 Å². The van der Waals surface area contributed by atoms with Crippen LogP contribution in [0, 0.1) is 17.2 Å². The molecule has 2 unspecified atom stereocenters. The Morgan fingerprint density at radius 2 is 2.41 bits per heavy atom. The number of nitriles is 1. The van der Waals surface area contributed by atoms with Gasteiger partial charge in [-0.05, 0) is 31.2 Å². The zero-order chi connectivity index (χ0) is 12.1. The van der Waals surface area contributed by atoms with E-state index >= 15 is 0 Å². The Bertz CT molecular complexity index is 411. The number of hydrogen-bond acceptors (Lipinski definition) is 3. The predicted octanol–water partition coefficient (Wildman–Crippen LogP) is 3.30. The molecule has 17 heavy (non-hydrogen) atoms. The van der Waals surface area contributed by atoms with Crippen molar-refractivity contribution in [3.8, 4) is 11.8 Å². The zero-order valence-electron chi connectivity index (χ0n) is 10.2. The maximum atomic E-state index is 8.99. The molecule has 1 aromatic heterocycles. The van der Waals surface area contributed by atoms with Crippen molar-refractivity contribution in [1.29, 1.82) is 5.26 Å². The molecule has 0 bridgehead atoms. The van der Waals surface area contributed by atoms with Crippen molar-refractivity contribution in [2.24, 2.45) is 5.92 Å². The fourth-order valence-electron chi connectivity index (χ4n) is 2.47. The molecule has 1 aromatic rings. The van der Waals surface area contributed by atoms with E-state index in [1.54, 1.807) is 18.5 Å². The fourth-order valence-corrected chi connectivity index (χ4v) is 2.47. The normalized spacial score (nSPS) is 24.0. The van der Waals surface area contributed by atoms with E-state index in [1.165, 1.54) is 19.3 Å². The average molecular weight is 230 g/mol. The number of hydrogen-bond donors (Lipinski definition) is 0. The lowest BCUT2D eigenvalue weighted by molar-refractivity contribution is 0.121. The molecule has 1 saturated carbocycles. The molecule has 0 saturated heterocycles. The van der Waals surface area contributed by atoms with Gasteiger partial charge in [-0.3, -0.25) is 4.98 Å². The molecular formula is C14H18N2O. The van der Waals surface area contributed by atoms with Crippen LogP contribution in [-0.4, -0.2) is 11.1 Å². The molecule has 3 nitrogen and oxygen atoms in total. The van der Waals surface area contributed by atoms with Crippen molar-refractivity contribution in [3.63, 3.8) is 0 Å². The first-order valence-corrected chi connectivity index (χ1v) is 6.34. The van der Waals surface area contributed by atoms with Gasteiger partial charge in [-0.1, -0.05) is 19.8 Å². The highest BCUT2D eigenvalue weighted by Gasteiger charge is 2.22. The summed E-state index contributed by atoms with van der Waals surface area (Å²) in [4.78, 5) is 4.02. The van der Waals surface area contributed by atoms with Crippen LogP contribution in [0.1, 0.15) is 44.6 Å². The maximum Gasteiger partial charge on any atom is 0.155 e. The monoisotopic (exact) mass is 230 g/mol. The third-order valence-electron chi connectivity index (χ3n) is 3.51. The van der Waals surface area contributed by atoms with Gasteiger partial charge in [-0.2, -0.15) is 5.26 Å². The summed E-state index contributed by atoms with van der Waals surface area (Å²) in [7, 11) is 0. The molecule has 0 N–H and O–H groups in total. The minimum atomic E-state index is 0.255. The Morgan fingerprint density at radius 1 is 1.53 bits per heavy atom. The van der Waals surface area contributed by atoms with Gasteiger partial charge in [0.15, 0.2) is 5.75 Å². The predicted molar refractivity (Wildman–Crippen MR) is 65.6 cm³/mol. The van der Waals surface area contributed by atoms with E-state index in [0.29, 0.717) is 11.3 Å². The van der Waals surface area contributed by atoms with E-state index in [2.05, 4.69) is 18.0 Å². The summed E-state index contributed by atoms with van der Waals surface area (Å²) in [6, 6.07) is 3.85. The third kappa shape index (κ3) is 2.97. The highest BCUT2D eigenvalue weighted by molar-refractivity contribution is 5.40. The standard InChI is InChI=1S/C14H18N2O/c1-2-11-4-3-5-13(8-11)17-14-10-16-7-6-12(14)9-15/h6-7,10-11,13H,2-5,8H2,1H3. The Kier molecular flexibility index (Phi) is 3.98. The summed E-state index contributed by atoms with van der Waals surface area (Å²) in [6.07, 6.45) is 9.49. The Balaban J connectivity index is 2.03. The lowest BCUT2D eigenvalue weighted by atomic mass is 9.85. The first kappa shape index (κ1) is 11.9. The van der Waals surface area contributed by atoms with Gasteiger partial charge in [0, 0.05) is 6.20 Å². The Morgan fingerprint density at radius 3 is 3.18 bits per heavy atom. The summed E-state index contributed by atoms with van der Waals surface area (Å²) in [6.45, 7) is 2.23. The molecular weight excluding hydrogens is 212 g/mol. The molecule has 0 amide bonds. The first-order valence-electron chi connectivity index (χ1n) is 6.34. The Hall–Kier alpha value is -1.56. The quantitative estimate of drug-likeness (QED) is 0.800. The van der Waals surface area contributed by atoms with E-state index in [-0.39, 0.29) is 6.10 Å². The lowest BCUT2D eigenvalue weighted by Gasteiger charge is -2.29. The lowest BCUT2D eigenvalue weighted by Crippen LogP contribution is -2.25. The number of rotatable bonds is 3. The summed E-state index contributed by atoms with van der Waals surface area (Å²) >= 11 is 0. The van der Waals surface area contributed by atoms with Crippen LogP contribution in [0.15, 0.2) is 18.5 Å². The first-order chi connectivity index (χ1) is 8.33. The van der Waals surface area contributed by atoms with Gasteiger partial charge in [0.1, 0.15) is 6.07 Å². The summed E-state index contributed by atoms with van der Waals surface area (Å²) in [5.74, 6) is 1.41. The third-order valence-corrected chi connectivity index (χ3v) is 3.51. The Labute approximate surface area is 102 Å². The van der Waals surface area contributed by atoms with E-state index in [4.69, 9.17) is 10.00 Å². The van der Waals surface area contributed by atoms with Crippen molar-refractivity contribution < 1.29 is 4.74 Å². The molecule has 2 rings (SSSR count). The highest BCUT2D eigenvalue weighted by atomic mass is 16.5. The van der Waals surface area contributed by atoms with Gasteiger partial charge in [0.05, 0.1) is 17.9 Å². The smallest absolute Gasteiger partial charge is 0.155 e. The van der Waals surface area contributed by atoms with Crippen LogP contribution in [-0.2, 0) is 0 Å². The molecule has 2 atom stereocenters. The van der Waals surface area contributed by atoms with Crippen LogP contribution in [0.2, 0.25) is 0 Å². The number of nitrogens with zero attached hydrogens (tertiary/aromatic N) is 2. The van der Waals surface area contributed by atoms with Crippen LogP contribution < -0.4 is 4.74 Å². The molecule has 1 heterocycles. The van der Waals surface area contributed by atoms with Crippen molar-refractivity contribution >= 4 is 0 Å². The molecule has 0 aliphatic heterocycles. The molecule has 3 heteroatoms. The van der Waals surface area contributed by atoms with Crippen molar-refractivity contribution in [1.82, 2.24) is 4.98 Å². The van der Waals surface area contributed by atoms with Gasteiger partial charge in [-0.15, -0.1) is 0 Å². The summed E-state index contributed by atoms with van der Waals surface area (Å²) in [5, 5.41) is 8.99. The fraction of sp³-hybridized carbons (Fsp3) is 0.571.